The van der Waals surface area contributed by atoms with Crippen molar-refractivity contribution in [3.8, 4) is 0 Å². The Balaban J connectivity index is 0.00000312. The molecule has 25 heavy (non-hydrogen) atoms. The number of aromatic nitrogens is 2. The summed E-state index contributed by atoms with van der Waals surface area (Å²) < 4.78 is 0. The molecule has 1 aromatic heterocycles. The fourth-order valence-corrected chi connectivity index (χ4v) is 2.44. The highest BCUT2D eigenvalue weighted by atomic mass is 35.5. The molecule has 1 unspecified atom stereocenters. The lowest BCUT2D eigenvalue weighted by Crippen LogP contribution is -2.36. The van der Waals surface area contributed by atoms with Gasteiger partial charge in [-0.1, -0.05) is 38.1 Å². The van der Waals surface area contributed by atoms with Crippen molar-refractivity contribution in [2.45, 2.75) is 39.7 Å². The molecule has 1 amide bonds. The maximum Gasteiger partial charge on any atom is 0.277 e. The molecule has 136 valence electrons. The molecular formula is C18H25ClN4O2. The van der Waals surface area contributed by atoms with Gasteiger partial charge >= 0.3 is 0 Å². The molecule has 2 rings (SSSR count). The molecule has 1 atom stereocenters. The number of H-pyrrole nitrogens is 1. The molecule has 0 bridgehead atoms. The van der Waals surface area contributed by atoms with E-state index in [-0.39, 0.29) is 30.6 Å². The molecule has 0 fully saturated rings. The van der Waals surface area contributed by atoms with Crippen LogP contribution in [0.2, 0.25) is 0 Å². The summed E-state index contributed by atoms with van der Waals surface area (Å²) in [5.74, 6) is 0.0214. The van der Waals surface area contributed by atoms with Crippen molar-refractivity contribution in [1.82, 2.24) is 15.5 Å². The molecule has 0 spiro atoms. The minimum atomic E-state index is -0.495. The molecule has 0 aliphatic rings. The Kier molecular flexibility index (Phi) is 7.33. The molecule has 1 heterocycles. The van der Waals surface area contributed by atoms with Crippen molar-refractivity contribution in [3.63, 3.8) is 0 Å². The second-order valence-corrected chi connectivity index (χ2v) is 6.28. The smallest absolute Gasteiger partial charge is 0.277 e. The standard InChI is InChI=1S/C18H24N4O2.ClH/c1-10(2)13-5-7-14(8-6-13)15(19)9-20-17(23)16-11(3)12(4)21-22-18(16)24;/h5-8,10,15H,9,19H2,1-4H3,(H,20,23)(H,22,24);1H. The van der Waals surface area contributed by atoms with Crippen molar-refractivity contribution < 1.29 is 4.79 Å². The van der Waals surface area contributed by atoms with E-state index < -0.39 is 11.5 Å². The fraction of sp³-hybridized carbons (Fsp3) is 0.389. The first kappa shape index (κ1) is 20.9. The Morgan fingerprint density at radius 3 is 2.32 bits per heavy atom. The van der Waals surface area contributed by atoms with E-state index in [0.717, 1.165) is 5.56 Å². The summed E-state index contributed by atoms with van der Waals surface area (Å²) in [5, 5.41) is 8.90. The van der Waals surface area contributed by atoms with Gasteiger partial charge in [-0.05, 0) is 36.5 Å². The average molecular weight is 365 g/mol. The molecule has 0 radical (unpaired) electrons. The maximum atomic E-state index is 12.3. The van der Waals surface area contributed by atoms with Gasteiger partial charge in [0.25, 0.3) is 11.5 Å². The molecular weight excluding hydrogens is 340 g/mol. The van der Waals surface area contributed by atoms with Crippen molar-refractivity contribution in [2.75, 3.05) is 6.54 Å². The lowest BCUT2D eigenvalue weighted by atomic mass is 9.99. The largest absolute Gasteiger partial charge is 0.350 e. The highest BCUT2D eigenvalue weighted by molar-refractivity contribution is 5.95. The van der Waals surface area contributed by atoms with Gasteiger partial charge in [-0.25, -0.2) is 5.10 Å². The van der Waals surface area contributed by atoms with Crippen LogP contribution in [0.25, 0.3) is 0 Å². The number of nitrogens with one attached hydrogen (secondary N) is 2. The van der Waals surface area contributed by atoms with E-state index in [0.29, 0.717) is 17.2 Å². The summed E-state index contributed by atoms with van der Waals surface area (Å²) >= 11 is 0. The summed E-state index contributed by atoms with van der Waals surface area (Å²) in [6.07, 6.45) is 0. The summed E-state index contributed by atoms with van der Waals surface area (Å²) in [5.41, 5.74) is 9.11. The van der Waals surface area contributed by atoms with Gasteiger partial charge in [0, 0.05) is 12.6 Å². The minimum absolute atomic E-state index is 0. The number of hydrogen-bond acceptors (Lipinski definition) is 4. The Bertz CT molecular complexity index is 785. The van der Waals surface area contributed by atoms with Crippen LogP contribution < -0.4 is 16.6 Å². The van der Waals surface area contributed by atoms with Crippen LogP contribution in [-0.2, 0) is 0 Å². The first-order valence-corrected chi connectivity index (χ1v) is 8.00. The van der Waals surface area contributed by atoms with Crippen LogP contribution in [-0.4, -0.2) is 22.6 Å². The number of nitrogens with zero attached hydrogens (tertiary/aromatic N) is 1. The molecule has 6 nitrogen and oxygen atoms in total. The van der Waals surface area contributed by atoms with E-state index in [1.54, 1.807) is 13.8 Å². The number of rotatable bonds is 5. The predicted octanol–water partition coefficient (Wildman–Crippen LogP) is 2.36. The number of halogens is 1. The second-order valence-electron chi connectivity index (χ2n) is 6.28. The third-order valence-electron chi connectivity index (χ3n) is 4.21. The predicted molar refractivity (Wildman–Crippen MR) is 101 cm³/mol. The van der Waals surface area contributed by atoms with Crippen molar-refractivity contribution in [1.29, 1.82) is 0 Å². The third kappa shape index (κ3) is 4.90. The van der Waals surface area contributed by atoms with Crippen LogP contribution in [0.5, 0.6) is 0 Å². The zero-order valence-corrected chi connectivity index (χ0v) is 15.7. The van der Waals surface area contributed by atoms with E-state index in [9.17, 15) is 9.59 Å². The van der Waals surface area contributed by atoms with E-state index in [1.165, 1.54) is 5.56 Å². The number of aromatic amines is 1. The molecule has 4 N–H and O–H groups in total. The number of benzene rings is 1. The molecule has 0 saturated heterocycles. The third-order valence-corrected chi connectivity index (χ3v) is 4.21. The molecule has 0 saturated carbocycles. The van der Waals surface area contributed by atoms with E-state index >= 15 is 0 Å². The number of carbonyl (C=O) groups is 1. The molecule has 2 aromatic rings. The highest BCUT2D eigenvalue weighted by Crippen LogP contribution is 2.17. The Morgan fingerprint density at radius 1 is 1.20 bits per heavy atom. The zero-order chi connectivity index (χ0) is 17.9. The number of amides is 1. The number of carbonyl (C=O) groups excluding carboxylic acids is 1. The second kappa shape index (κ2) is 8.78. The van der Waals surface area contributed by atoms with Gasteiger partial charge < -0.3 is 11.1 Å². The lowest BCUT2D eigenvalue weighted by molar-refractivity contribution is 0.0948. The van der Waals surface area contributed by atoms with Crippen LogP contribution >= 0.6 is 12.4 Å². The Morgan fingerprint density at radius 2 is 1.76 bits per heavy atom. The van der Waals surface area contributed by atoms with Gasteiger partial charge in [0.05, 0.1) is 5.69 Å². The summed E-state index contributed by atoms with van der Waals surface area (Å²) in [6.45, 7) is 7.96. The minimum Gasteiger partial charge on any atom is -0.350 e. The normalized spacial score (nSPS) is 11.8. The molecule has 7 heteroatoms. The van der Waals surface area contributed by atoms with Crippen LogP contribution in [0.15, 0.2) is 29.1 Å². The van der Waals surface area contributed by atoms with Crippen molar-refractivity contribution in [2.24, 2.45) is 5.73 Å². The zero-order valence-electron chi connectivity index (χ0n) is 14.9. The van der Waals surface area contributed by atoms with Crippen LogP contribution in [0.1, 0.15) is 58.5 Å². The van der Waals surface area contributed by atoms with Crippen LogP contribution in [0.4, 0.5) is 0 Å². The quantitative estimate of drug-likeness (QED) is 0.758. The van der Waals surface area contributed by atoms with E-state index in [2.05, 4.69) is 29.4 Å². The van der Waals surface area contributed by atoms with Crippen LogP contribution in [0.3, 0.4) is 0 Å². The van der Waals surface area contributed by atoms with Gasteiger partial charge in [0.15, 0.2) is 0 Å². The summed E-state index contributed by atoms with van der Waals surface area (Å²) in [6, 6.07) is 7.70. The highest BCUT2D eigenvalue weighted by Gasteiger charge is 2.17. The van der Waals surface area contributed by atoms with E-state index in [1.807, 2.05) is 24.3 Å². The van der Waals surface area contributed by atoms with E-state index in [4.69, 9.17) is 5.73 Å². The first-order valence-electron chi connectivity index (χ1n) is 8.00. The number of hydrogen-bond donors (Lipinski definition) is 3. The van der Waals surface area contributed by atoms with Crippen molar-refractivity contribution in [3.05, 3.63) is 62.6 Å². The average Bonchev–Trinajstić information content (AvgIpc) is 2.56. The SMILES string of the molecule is Cc1n[nH]c(=O)c(C(=O)NCC(N)c2ccc(C(C)C)cc2)c1C.Cl. The number of nitrogens with two attached hydrogens (primary N) is 1. The fourth-order valence-electron chi connectivity index (χ4n) is 2.44. The van der Waals surface area contributed by atoms with Crippen molar-refractivity contribution >= 4 is 18.3 Å². The monoisotopic (exact) mass is 364 g/mol. The van der Waals surface area contributed by atoms with Gasteiger partial charge in [-0.2, -0.15) is 5.10 Å². The summed E-state index contributed by atoms with van der Waals surface area (Å²) in [4.78, 5) is 24.1. The first-order chi connectivity index (χ1) is 11.3. The summed E-state index contributed by atoms with van der Waals surface area (Å²) in [7, 11) is 0. The lowest BCUT2D eigenvalue weighted by Gasteiger charge is -2.15. The molecule has 0 aliphatic heterocycles. The van der Waals surface area contributed by atoms with Crippen LogP contribution in [0, 0.1) is 13.8 Å². The van der Waals surface area contributed by atoms with Gasteiger partial charge in [-0.3, -0.25) is 9.59 Å². The topological polar surface area (TPSA) is 101 Å². The van der Waals surface area contributed by atoms with Gasteiger partial charge in [0.1, 0.15) is 5.56 Å². The molecule has 1 aromatic carbocycles. The Labute approximate surface area is 153 Å². The molecule has 0 aliphatic carbocycles. The van der Waals surface area contributed by atoms with Gasteiger partial charge in [-0.15, -0.1) is 12.4 Å². The number of aryl methyl sites for hydroxylation is 1. The Hall–Kier alpha value is -2.18. The maximum absolute atomic E-state index is 12.3. The van der Waals surface area contributed by atoms with Gasteiger partial charge in [0.2, 0.25) is 0 Å².